The molecule has 1 amide bonds. The van der Waals surface area contributed by atoms with Crippen LogP contribution in [0.15, 0.2) is 30.5 Å². The minimum absolute atomic E-state index is 0.0257. The number of piperazine rings is 1. The molecule has 0 saturated carbocycles. The molecule has 0 bridgehead atoms. The van der Waals surface area contributed by atoms with E-state index in [9.17, 15) is 4.79 Å². The summed E-state index contributed by atoms with van der Waals surface area (Å²) in [7, 11) is 0. The highest BCUT2D eigenvalue weighted by atomic mass is 35.5. The number of hydrogen-bond donors (Lipinski definition) is 1. The summed E-state index contributed by atoms with van der Waals surface area (Å²) in [6, 6.07) is 7.70. The Morgan fingerprint density at radius 1 is 1.10 bits per heavy atom. The van der Waals surface area contributed by atoms with E-state index in [0.717, 1.165) is 69.1 Å². The largest absolute Gasteiger partial charge is 0.368 e. The van der Waals surface area contributed by atoms with Crippen LogP contribution >= 0.6 is 23.2 Å². The van der Waals surface area contributed by atoms with Gasteiger partial charge in [-0.1, -0.05) is 36.2 Å². The highest BCUT2D eigenvalue weighted by molar-refractivity contribution is 6.43. The number of carbonyl (C=O) groups excluding carboxylic acids is 1. The fourth-order valence-corrected chi connectivity index (χ4v) is 4.24. The number of amides is 1. The molecule has 1 N–H and O–H groups in total. The number of rotatable bonds is 8. The Kier molecular flexibility index (Phi) is 7.87. The van der Waals surface area contributed by atoms with Crippen LogP contribution in [0.1, 0.15) is 35.8 Å². The molecule has 1 aliphatic rings. The van der Waals surface area contributed by atoms with Gasteiger partial charge in [0.15, 0.2) is 0 Å². The van der Waals surface area contributed by atoms with Crippen LogP contribution in [0.25, 0.3) is 0 Å². The minimum Gasteiger partial charge on any atom is -0.368 e. The van der Waals surface area contributed by atoms with Crippen LogP contribution < -0.4 is 10.2 Å². The van der Waals surface area contributed by atoms with Gasteiger partial charge in [0.05, 0.1) is 21.3 Å². The molecule has 158 valence electrons. The van der Waals surface area contributed by atoms with Gasteiger partial charge in [-0.3, -0.25) is 9.69 Å². The fraction of sp³-hybridized carbons (Fsp3) is 0.500. The van der Waals surface area contributed by atoms with Crippen molar-refractivity contribution in [1.29, 1.82) is 0 Å². The standard InChI is InChI=1S/C22H30Cl2N4O/c1-3-10-27-12-8-18(17(27)2)22(29)25-9-5-11-26-13-15-28(16-14-26)20-7-4-6-19(23)21(20)24/h4,6-8,12H,3,5,9-11,13-16H2,1-2H3,(H,25,29). The maximum atomic E-state index is 12.4. The van der Waals surface area contributed by atoms with E-state index in [2.05, 4.69) is 26.6 Å². The second-order valence-corrected chi connectivity index (χ2v) is 8.30. The molecule has 29 heavy (non-hydrogen) atoms. The van der Waals surface area contributed by atoms with Crippen molar-refractivity contribution in [3.05, 3.63) is 51.8 Å². The highest BCUT2D eigenvalue weighted by Gasteiger charge is 2.19. The summed E-state index contributed by atoms with van der Waals surface area (Å²) in [5, 5.41) is 4.29. The molecular formula is C22H30Cl2N4O. The van der Waals surface area contributed by atoms with Gasteiger partial charge in [0.2, 0.25) is 0 Å². The number of aryl methyl sites for hydroxylation is 1. The Bertz CT molecular complexity index is 828. The Hall–Kier alpha value is -1.69. The van der Waals surface area contributed by atoms with E-state index in [1.807, 2.05) is 37.4 Å². The summed E-state index contributed by atoms with van der Waals surface area (Å²) in [4.78, 5) is 17.1. The molecule has 2 heterocycles. The molecule has 0 atom stereocenters. The van der Waals surface area contributed by atoms with Crippen LogP contribution in [0.3, 0.4) is 0 Å². The third-order valence-electron chi connectivity index (χ3n) is 5.53. The van der Waals surface area contributed by atoms with E-state index in [1.165, 1.54) is 0 Å². The van der Waals surface area contributed by atoms with Gasteiger partial charge in [-0.2, -0.15) is 0 Å². The number of nitrogens with one attached hydrogen (secondary N) is 1. The molecule has 0 unspecified atom stereocenters. The first-order valence-electron chi connectivity index (χ1n) is 10.4. The Labute approximate surface area is 183 Å². The first-order valence-corrected chi connectivity index (χ1v) is 11.1. The van der Waals surface area contributed by atoms with Crippen molar-refractivity contribution in [3.63, 3.8) is 0 Å². The second-order valence-electron chi connectivity index (χ2n) is 7.52. The molecule has 1 aromatic heterocycles. The molecule has 1 fully saturated rings. The molecule has 3 rings (SSSR count). The maximum absolute atomic E-state index is 12.4. The molecule has 7 heteroatoms. The molecule has 1 saturated heterocycles. The van der Waals surface area contributed by atoms with Crippen LogP contribution in [-0.4, -0.2) is 54.6 Å². The third-order valence-corrected chi connectivity index (χ3v) is 6.34. The number of nitrogens with zero attached hydrogens (tertiary/aromatic N) is 3. The van der Waals surface area contributed by atoms with Crippen molar-refractivity contribution in [3.8, 4) is 0 Å². The number of halogens is 2. The van der Waals surface area contributed by atoms with Crippen LogP contribution in [0, 0.1) is 6.92 Å². The zero-order chi connectivity index (χ0) is 20.8. The van der Waals surface area contributed by atoms with Gasteiger partial charge in [0.25, 0.3) is 5.91 Å². The van der Waals surface area contributed by atoms with E-state index in [-0.39, 0.29) is 5.91 Å². The average Bonchev–Trinajstić information content (AvgIpc) is 3.09. The van der Waals surface area contributed by atoms with Crippen molar-refractivity contribution >= 4 is 34.8 Å². The van der Waals surface area contributed by atoms with Crippen LogP contribution in [0.5, 0.6) is 0 Å². The summed E-state index contributed by atoms with van der Waals surface area (Å²) >= 11 is 12.5. The molecule has 2 aromatic rings. The van der Waals surface area contributed by atoms with Gasteiger partial charge < -0.3 is 14.8 Å². The fourth-order valence-electron chi connectivity index (χ4n) is 3.82. The van der Waals surface area contributed by atoms with Crippen molar-refractivity contribution in [2.75, 3.05) is 44.2 Å². The van der Waals surface area contributed by atoms with Crippen LogP contribution in [0.2, 0.25) is 10.0 Å². The lowest BCUT2D eigenvalue weighted by atomic mass is 10.2. The van der Waals surface area contributed by atoms with Gasteiger partial charge in [-0.25, -0.2) is 0 Å². The lowest BCUT2D eigenvalue weighted by Crippen LogP contribution is -2.47. The van der Waals surface area contributed by atoms with Crippen molar-refractivity contribution in [2.24, 2.45) is 0 Å². The van der Waals surface area contributed by atoms with Gasteiger partial charge in [-0.05, 0) is 44.5 Å². The number of benzene rings is 1. The minimum atomic E-state index is 0.0257. The first kappa shape index (κ1) is 22.0. The Balaban J connectivity index is 1.39. The molecular weight excluding hydrogens is 407 g/mol. The number of anilines is 1. The molecule has 1 aromatic carbocycles. The number of carbonyl (C=O) groups is 1. The van der Waals surface area contributed by atoms with Crippen molar-refractivity contribution < 1.29 is 4.79 Å². The van der Waals surface area contributed by atoms with E-state index in [4.69, 9.17) is 23.2 Å². The SMILES string of the molecule is CCCn1ccc(C(=O)NCCCN2CCN(c3cccc(Cl)c3Cl)CC2)c1C. The average molecular weight is 437 g/mol. The van der Waals surface area contributed by atoms with Gasteiger partial charge in [-0.15, -0.1) is 0 Å². The topological polar surface area (TPSA) is 40.5 Å². The highest BCUT2D eigenvalue weighted by Crippen LogP contribution is 2.32. The normalized spacial score (nSPS) is 15.0. The molecule has 0 spiro atoms. The maximum Gasteiger partial charge on any atom is 0.253 e. The number of aromatic nitrogens is 1. The van der Waals surface area contributed by atoms with Crippen molar-refractivity contribution in [1.82, 2.24) is 14.8 Å². The zero-order valence-corrected chi connectivity index (χ0v) is 18.8. The van der Waals surface area contributed by atoms with Gasteiger partial charge in [0, 0.05) is 51.2 Å². The monoisotopic (exact) mass is 436 g/mol. The Morgan fingerprint density at radius 2 is 1.86 bits per heavy atom. The summed E-state index contributed by atoms with van der Waals surface area (Å²) < 4.78 is 2.14. The molecule has 5 nitrogen and oxygen atoms in total. The van der Waals surface area contributed by atoms with Crippen LogP contribution in [0.4, 0.5) is 5.69 Å². The van der Waals surface area contributed by atoms with Gasteiger partial charge in [0.1, 0.15) is 0 Å². The smallest absolute Gasteiger partial charge is 0.253 e. The lowest BCUT2D eigenvalue weighted by molar-refractivity contribution is 0.0950. The lowest BCUT2D eigenvalue weighted by Gasteiger charge is -2.36. The van der Waals surface area contributed by atoms with E-state index in [1.54, 1.807) is 0 Å². The molecule has 1 aliphatic heterocycles. The second kappa shape index (κ2) is 10.4. The summed E-state index contributed by atoms with van der Waals surface area (Å²) in [6.07, 6.45) is 4.01. The van der Waals surface area contributed by atoms with Crippen LogP contribution in [-0.2, 0) is 6.54 Å². The quantitative estimate of drug-likeness (QED) is 0.621. The Morgan fingerprint density at radius 3 is 2.59 bits per heavy atom. The predicted molar refractivity (Wildman–Crippen MR) is 122 cm³/mol. The van der Waals surface area contributed by atoms with E-state index >= 15 is 0 Å². The predicted octanol–water partition coefficient (Wildman–Crippen LogP) is 4.46. The van der Waals surface area contributed by atoms with Crippen molar-refractivity contribution in [2.45, 2.75) is 33.2 Å². The molecule has 0 aliphatic carbocycles. The summed E-state index contributed by atoms with van der Waals surface area (Å²) in [5.41, 5.74) is 2.84. The molecule has 0 radical (unpaired) electrons. The van der Waals surface area contributed by atoms with E-state index in [0.29, 0.717) is 16.6 Å². The first-order chi connectivity index (χ1) is 14.0. The summed E-state index contributed by atoms with van der Waals surface area (Å²) in [5.74, 6) is 0.0257. The third kappa shape index (κ3) is 5.47. The zero-order valence-electron chi connectivity index (χ0n) is 17.3. The van der Waals surface area contributed by atoms with Gasteiger partial charge >= 0.3 is 0 Å². The summed E-state index contributed by atoms with van der Waals surface area (Å²) in [6.45, 7) is 10.6. The number of hydrogen-bond acceptors (Lipinski definition) is 3. The van der Waals surface area contributed by atoms with E-state index < -0.39 is 0 Å².